The van der Waals surface area contributed by atoms with Crippen LogP contribution >= 0.6 is 0 Å². The van der Waals surface area contributed by atoms with E-state index in [-0.39, 0.29) is 0 Å². The minimum Gasteiger partial charge on any atom is -0.363 e. The predicted octanol–water partition coefficient (Wildman–Crippen LogP) is 2.27. The Balaban J connectivity index is 2.10. The topological polar surface area (TPSA) is 61.6 Å². The highest BCUT2D eigenvalue weighted by molar-refractivity contribution is 5.50. The Bertz CT molecular complexity index is 557. The second-order valence-electron chi connectivity index (χ2n) is 3.75. The lowest BCUT2D eigenvalue weighted by atomic mass is 10.1. The molecule has 0 radical (unpaired) electrons. The molecule has 0 spiro atoms. The van der Waals surface area contributed by atoms with E-state index in [1.165, 1.54) is 11.8 Å². The molecule has 0 aliphatic rings. The van der Waals surface area contributed by atoms with Crippen LogP contribution in [0.3, 0.4) is 0 Å². The zero-order chi connectivity index (χ0) is 12.1. The normalized spacial score (nSPS) is 9.65. The van der Waals surface area contributed by atoms with E-state index in [4.69, 9.17) is 5.26 Å². The summed E-state index contributed by atoms with van der Waals surface area (Å²) in [4.78, 5) is 0. The van der Waals surface area contributed by atoms with Gasteiger partial charge in [-0.2, -0.15) is 10.4 Å². The van der Waals surface area contributed by atoms with Crippen LogP contribution in [0.2, 0.25) is 0 Å². The number of nitrogens with one attached hydrogen (secondary N) is 1. The van der Waals surface area contributed by atoms with E-state index in [1.807, 2.05) is 25.1 Å². The fourth-order valence-corrected chi connectivity index (χ4v) is 1.56. The van der Waals surface area contributed by atoms with Gasteiger partial charge in [-0.15, -0.1) is 5.10 Å². The van der Waals surface area contributed by atoms with Gasteiger partial charge in [0.25, 0.3) is 0 Å². The molecule has 0 aliphatic carbocycles. The molecule has 0 saturated carbocycles. The van der Waals surface area contributed by atoms with Crippen LogP contribution < -0.4 is 5.32 Å². The summed E-state index contributed by atoms with van der Waals surface area (Å²) in [5.74, 6) is 0.525. The van der Waals surface area contributed by atoms with E-state index in [2.05, 4.69) is 27.6 Å². The van der Waals surface area contributed by atoms with Crippen molar-refractivity contribution in [1.29, 1.82) is 5.26 Å². The Kier molecular flexibility index (Phi) is 3.31. The van der Waals surface area contributed by atoms with Crippen molar-refractivity contribution in [2.24, 2.45) is 0 Å². The standard InChI is InChI=1S/C13H12N4/c1-10-3-2-4-11(7-10)9-15-13-12(8-14)5-6-16-17-13/h2-7H,9H2,1H3,(H,15,17). The molecule has 84 valence electrons. The highest BCUT2D eigenvalue weighted by atomic mass is 15.2. The monoisotopic (exact) mass is 224 g/mol. The molecule has 0 unspecified atom stereocenters. The lowest BCUT2D eigenvalue weighted by Crippen LogP contribution is -2.04. The minimum atomic E-state index is 0.507. The molecule has 1 aromatic heterocycles. The average molecular weight is 224 g/mol. The molecule has 0 saturated heterocycles. The minimum absolute atomic E-state index is 0.507. The Hall–Kier alpha value is -2.41. The van der Waals surface area contributed by atoms with Gasteiger partial charge in [-0.05, 0) is 18.6 Å². The fraction of sp³-hybridized carbons (Fsp3) is 0.154. The van der Waals surface area contributed by atoms with Crippen molar-refractivity contribution < 1.29 is 0 Å². The summed E-state index contributed by atoms with van der Waals surface area (Å²) in [6.45, 7) is 2.68. The molecule has 4 heteroatoms. The van der Waals surface area contributed by atoms with Crippen molar-refractivity contribution in [3.8, 4) is 6.07 Å². The summed E-state index contributed by atoms with van der Waals surface area (Å²) >= 11 is 0. The van der Waals surface area contributed by atoms with Crippen molar-refractivity contribution in [2.75, 3.05) is 5.32 Å². The third-order valence-electron chi connectivity index (χ3n) is 2.38. The summed E-state index contributed by atoms with van der Waals surface area (Å²) in [6.07, 6.45) is 1.51. The average Bonchev–Trinajstić information content (AvgIpc) is 2.37. The van der Waals surface area contributed by atoms with Gasteiger partial charge in [-0.1, -0.05) is 29.8 Å². The van der Waals surface area contributed by atoms with Crippen molar-refractivity contribution in [3.05, 3.63) is 53.2 Å². The van der Waals surface area contributed by atoms with E-state index in [1.54, 1.807) is 6.07 Å². The number of rotatable bonds is 3. The molecule has 17 heavy (non-hydrogen) atoms. The highest BCUT2D eigenvalue weighted by Gasteiger charge is 2.02. The lowest BCUT2D eigenvalue weighted by Gasteiger charge is -2.06. The number of nitrogens with zero attached hydrogens (tertiary/aromatic N) is 3. The van der Waals surface area contributed by atoms with E-state index in [9.17, 15) is 0 Å². The van der Waals surface area contributed by atoms with Gasteiger partial charge < -0.3 is 5.32 Å². The predicted molar refractivity (Wildman–Crippen MR) is 65.3 cm³/mol. The molecule has 0 atom stereocenters. The number of aromatic nitrogens is 2. The Morgan fingerprint density at radius 3 is 3.00 bits per heavy atom. The van der Waals surface area contributed by atoms with Gasteiger partial charge in [0.05, 0.1) is 11.8 Å². The van der Waals surface area contributed by atoms with Crippen LogP contribution in [-0.2, 0) is 6.54 Å². The number of hydrogen-bond donors (Lipinski definition) is 1. The van der Waals surface area contributed by atoms with Crippen LogP contribution in [-0.4, -0.2) is 10.2 Å². The second-order valence-corrected chi connectivity index (χ2v) is 3.75. The molecular formula is C13H12N4. The molecule has 2 rings (SSSR count). The summed E-state index contributed by atoms with van der Waals surface area (Å²) in [5.41, 5.74) is 2.87. The van der Waals surface area contributed by atoms with Gasteiger partial charge in [0.2, 0.25) is 0 Å². The first kappa shape index (κ1) is 11.1. The van der Waals surface area contributed by atoms with Crippen LogP contribution in [0.5, 0.6) is 0 Å². The molecular weight excluding hydrogens is 212 g/mol. The smallest absolute Gasteiger partial charge is 0.166 e. The van der Waals surface area contributed by atoms with Crippen molar-refractivity contribution >= 4 is 5.82 Å². The molecule has 0 bridgehead atoms. The number of nitriles is 1. The first-order valence-electron chi connectivity index (χ1n) is 5.31. The lowest BCUT2D eigenvalue weighted by molar-refractivity contribution is 0.993. The molecule has 1 aromatic carbocycles. The number of anilines is 1. The molecule has 1 N–H and O–H groups in total. The molecule has 1 heterocycles. The summed E-state index contributed by atoms with van der Waals surface area (Å²) < 4.78 is 0. The van der Waals surface area contributed by atoms with Gasteiger partial charge in [0.1, 0.15) is 6.07 Å². The molecule has 0 amide bonds. The number of aryl methyl sites for hydroxylation is 1. The first-order chi connectivity index (χ1) is 8.29. The van der Waals surface area contributed by atoms with Crippen molar-refractivity contribution in [2.45, 2.75) is 13.5 Å². The summed E-state index contributed by atoms with van der Waals surface area (Å²) in [5, 5.41) is 19.7. The van der Waals surface area contributed by atoms with Gasteiger partial charge in [0, 0.05) is 6.54 Å². The molecule has 4 nitrogen and oxygen atoms in total. The third-order valence-corrected chi connectivity index (χ3v) is 2.38. The second kappa shape index (κ2) is 5.08. The maximum atomic E-state index is 8.90. The molecule has 0 fully saturated rings. The van der Waals surface area contributed by atoms with E-state index in [0.29, 0.717) is 17.9 Å². The van der Waals surface area contributed by atoms with Gasteiger partial charge in [-0.25, -0.2) is 0 Å². The Morgan fingerprint density at radius 2 is 2.24 bits per heavy atom. The van der Waals surface area contributed by atoms with Crippen LogP contribution in [0.1, 0.15) is 16.7 Å². The zero-order valence-corrected chi connectivity index (χ0v) is 9.51. The first-order valence-corrected chi connectivity index (χ1v) is 5.31. The third kappa shape index (κ3) is 2.79. The molecule has 2 aromatic rings. The van der Waals surface area contributed by atoms with Crippen molar-refractivity contribution in [3.63, 3.8) is 0 Å². The highest BCUT2D eigenvalue weighted by Crippen LogP contribution is 2.11. The van der Waals surface area contributed by atoms with E-state index in [0.717, 1.165) is 5.56 Å². The fourth-order valence-electron chi connectivity index (χ4n) is 1.56. The maximum absolute atomic E-state index is 8.90. The van der Waals surface area contributed by atoms with Gasteiger partial charge in [-0.3, -0.25) is 0 Å². The zero-order valence-electron chi connectivity index (χ0n) is 9.51. The summed E-state index contributed by atoms with van der Waals surface area (Å²) in [7, 11) is 0. The Morgan fingerprint density at radius 1 is 1.35 bits per heavy atom. The van der Waals surface area contributed by atoms with E-state index >= 15 is 0 Å². The van der Waals surface area contributed by atoms with Crippen LogP contribution in [0.15, 0.2) is 36.5 Å². The largest absolute Gasteiger partial charge is 0.363 e. The maximum Gasteiger partial charge on any atom is 0.166 e. The van der Waals surface area contributed by atoms with Crippen LogP contribution in [0, 0.1) is 18.3 Å². The van der Waals surface area contributed by atoms with Gasteiger partial charge >= 0.3 is 0 Å². The van der Waals surface area contributed by atoms with E-state index < -0.39 is 0 Å². The van der Waals surface area contributed by atoms with Crippen LogP contribution in [0.4, 0.5) is 5.82 Å². The SMILES string of the molecule is Cc1cccc(CNc2nnccc2C#N)c1. The Labute approximate surface area is 99.9 Å². The number of hydrogen-bond acceptors (Lipinski definition) is 4. The summed E-state index contributed by atoms with van der Waals surface area (Å²) in [6, 6.07) is 11.9. The van der Waals surface area contributed by atoms with Gasteiger partial charge in [0.15, 0.2) is 5.82 Å². The van der Waals surface area contributed by atoms with Crippen molar-refractivity contribution in [1.82, 2.24) is 10.2 Å². The number of benzene rings is 1. The quantitative estimate of drug-likeness (QED) is 0.868. The van der Waals surface area contributed by atoms with Crippen LogP contribution in [0.25, 0.3) is 0 Å². The molecule has 0 aliphatic heterocycles.